The van der Waals surface area contributed by atoms with Gasteiger partial charge < -0.3 is 14.5 Å². The number of carbonyl (C=O) groups excluding carboxylic acids is 3. The molecule has 1 fully saturated rings. The molecular formula is C23H16ClN3O7S. The molecule has 1 saturated heterocycles. The second-order valence-electron chi connectivity index (χ2n) is 7.14. The van der Waals surface area contributed by atoms with Crippen molar-refractivity contribution in [3.8, 4) is 17.1 Å². The van der Waals surface area contributed by atoms with E-state index in [1.807, 2.05) is 0 Å². The number of carbonyl (C=O) groups is 3. The third-order valence-electron chi connectivity index (χ3n) is 4.88. The Balaban J connectivity index is 1.48. The Kier molecular flexibility index (Phi) is 6.90. The molecule has 0 unspecified atom stereocenters. The summed E-state index contributed by atoms with van der Waals surface area (Å²) < 4.78 is 10.9. The van der Waals surface area contributed by atoms with Gasteiger partial charge in [-0.1, -0.05) is 23.7 Å². The quantitative estimate of drug-likeness (QED) is 0.259. The molecule has 0 saturated carbocycles. The first-order valence-corrected chi connectivity index (χ1v) is 11.2. The van der Waals surface area contributed by atoms with Crippen LogP contribution in [0.2, 0.25) is 5.02 Å². The average Bonchev–Trinajstić information content (AvgIpc) is 3.40. The molecule has 2 aromatic carbocycles. The molecule has 0 spiro atoms. The fourth-order valence-electron chi connectivity index (χ4n) is 3.24. The molecule has 1 N–H and O–H groups in total. The highest BCUT2D eigenvalue weighted by molar-refractivity contribution is 8.18. The van der Waals surface area contributed by atoms with Gasteiger partial charge in [0, 0.05) is 17.7 Å². The molecule has 178 valence electrons. The van der Waals surface area contributed by atoms with Crippen molar-refractivity contribution >= 4 is 57.9 Å². The minimum atomic E-state index is -0.643. The number of rotatable bonds is 7. The predicted molar refractivity (Wildman–Crippen MR) is 130 cm³/mol. The van der Waals surface area contributed by atoms with Gasteiger partial charge in [0.05, 0.1) is 22.6 Å². The topological polar surface area (TPSA) is 132 Å². The van der Waals surface area contributed by atoms with Crippen LogP contribution in [0.25, 0.3) is 17.4 Å². The van der Waals surface area contributed by atoms with Crippen molar-refractivity contribution < 1.29 is 28.5 Å². The lowest BCUT2D eigenvalue weighted by Crippen LogP contribution is -2.36. The zero-order valence-corrected chi connectivity index (χ0v) is 19.6. The molecule has 4 rings (SSSR count). The molecule has 0 bridgehead atoms. The standard InChI is InChI=1S/C23H16ClN3O7S/c1-33-19-5-3-2-4-16(19)25-21(28)12-26-22(29)20(35-23(26)30)11-14-7-9-18(34-14)13-6-8-15(24)17(10-13)27(31)32/h2-11H,12H2,1H3,(H,25,28)/b20-11+. The van der Waals surface area contributed by atoms with Gasteiger partial charge in [-0.05, 0) is 48.2 Å². The number of nitro groups is 1. The number of imide groups is 1. The predicted octanol–water partition coefficient (Wildman–Crippen LogP) is 5.19. The van der Waals surface area contributed by atoms with Crippen LogP contribution in [-0.4, -0.2) is 40.5 Å². The molecule has 1 aliphatic rings. The van der Waals surface area contributed by atoms with Crippen LogP contribution in [-0.2, 0) is 9.59 Å². The van der Waals surface area contributed by atoms with Crippen LogP contribution in [0.5, 0.6) is 5.75 Å². The number of halogens is 1. The summed E-state index contributed by atoms with van der Waals surface area (Å²) in [6.45, 7) is -0.474. The van der Waals surface area contributed by atoms with Crippen molar-refractivity contribution in [3.05, 3.63) is 80.4 Å². The maximum absolute atomic E-state index is 12.7. The van der Waals surface area contributed by atoms with Crippen molar-refractivity contribution in [2.75, 3.05) is 19.0 Å². The van der Waals surface area contributed by atoms with E-state index >= 15 is 0 Å². The van der Waals surface area contributed by atoms with Crippen molar-refractivity contribution in [2.45, 2.75) is 0 Å². The summed E-state index contributed by atoms with van der Waals surface area (Å²) in [6.07, 6.45) is 1.37. The van der Waals surface area contributed by atoms with E-state index in [-0.39, 0.29) is 21.4 Å². The van der Waals surface area contributed by atoms with Gasteiger partial charge in [-0.2, -0.15) is 0 Å². The number of nitrogens with one attached hydrogen (secondary N) is 1. The second-order valence-corrected chi connectivity index (χ2v) is 8.54. The first-order chi connectivity index (χ1) is 16.8. The zero-order chi connectivity index (χ0) is 25.1. The van der Waals surface area contributed by atoms with Crippen LogP contribution in [0, 0.1) is 10.1 Å². The molecule has 3 aromatic rings. The molecule has 1 aromatic heterocycles. The van der Waals surface area contributed by atoms with Crippen LogP contribution in [0.1, 0.15) is 5.76 Å². The largest absolute Gasteiger partial charge is 0.495 e. The fraction of sp³-hybridized carbons (Fsp3) is 0.0870. The van der Waals surface area contributed by atoms with E-state index < -0.39 is 28.5 Å². The van der Waals surface area contributed by atoms with Gasteiger partial charge >= 0.3 is 0 Å². The Labute approximate surface area is 207 Å². The van der Waals surface area contributed by atoms with Crippen molar-refractivity contribution in [1.82, 2.24) is 4.90 Å². The molecule has 0 radical (unpaired) electrons. The number of methoxy groups -OCH3 is 1. The van der Waals surface area contributed by atoms with Crippen LogP contribution in [0.4, 0.5) is 16.2 Å². The number of amides is 3. The van der Waals surface area contributed by atoms with Gasteiger partial charge in [0.15, 0.2) is 0 Å². The van der Waals surface area contributed by atoms with Gasteiger partial charge in [-0.3, -0.25) is 29.4 Å². The van der Waals surface area contributed by atoms with Gasteiger partial charge in [0.2, 0.25) is 5.91 Å². The van der Waals surface area contributed by atoms with Crippen molar-refractivity contribution in [1.29, 1.82) is 0 Å². The number of thioether (sulfide) groups is 1. The molecule has 12 heteroatoms. The summed E-state index contributed by atoms with van der Waals surface area (Å²) in [4.78, 5) is 49.0. The zero-order valence-electron chi connectivity index (χ0n) is 18.0. The molecule has 2 heterocycles. The molecule has 0 atom stereocenters. The smallest absolute Gasteiger partial charge is 0.294 e. The number of hydrogen-bond acceptors (Lipinski definition) is 8. The molecule has 1 aliphatic heterocycles. The highest BCUT2D eigenvalue weighted by Gasteiger charge is 2.36. The Morgan fingerprint density at radius 1 is 1.23 bits per heavy atom. The SMILES string of the molecule is COc1ccccc1NC(=O)CN1C(=O)S/C(=C/c2ccc(-c3ccc(Cl)c([N+](=O)[O-])c3)o2)C1=O. The third-order valence-corrected chi connectivity index (χ3v) is 6.11. The highest BCUT2D eigenvalue weighted by atomic mass is 35.5. The van der Waals surface area contributed by atoms with E-state index in [9.17, 15) is 24.5 Å². The van der Waals surface area contributed by atoms with Crippen LogP contribution in [0.15, 0.2) is 63.9 Å². The van der Waals surface area contributed by atoms with E-state index in [4.69, 9.17) is 20.8 Å². The van der Waals surface area contributed by atoms with E-state index in [0.29, 0.717) is 34.5 Å². The number of benzene rings is 2. The summed E-state index contributed by atoms with van der Waals surface area (Å²) in [7, 11) is 1.46. The maximum Gasteiger partial charge on any atom is 0.294 e. The van der Waals surface area contributed by atoms with Gasteiger partial charge in [0.1, 0.15) is 28.8 Å². The van der Waals surface area contributed by atoms with Crippen LogP contribution in [0.3, 0.4) is 0 Å². The minimum absolute atomic E-state index is 0.00560. The van der Waals surface area contributed by atoms with Crippen molar-refractivity contribution in [2.24, 2.45) is 0 Å². The number of ether oxygens (including phenoxy) is 1. The lowest BCUT2D eigenvalue weighted by molar-refractivity contribution is -0.384. The van der Waals surface area contributed by atoms with E-state index in [1.165, 1.54) is 25.3 Å². The lowest BCUT2D eigenvalue weighted by atomic mass is 10.1. The highest BCUT2D eigenvalue weighted by Crippen LogP contribution is 2.35. The third kappa shape index (κ3) is 5.20. The molecule has 3 amide bonds. The summed E-state index contributed by atoms with van der Waals surface area (Å²) in [5.74, 6) is -0.208. The Hall–Kier alpha value is -4.09. The van der Waals surface area contributed by atoms with Gasteiger partial charge in [-0.25, -0.2) is 0 Å². The first-order valence-electron chi connectivity index (χ1n) is 9.99. The molecular weight excluding hydrogens is 498 g/mol. The average molecular weight is 514 g/mol. The minimum Gasteiger partial charge on any atom is -0.495 e. The van der Waals surface area contributed by atoms with Gasteiger partial charge in [-0.15, -0.1) is 0 Å². The van der Waals surface area contributed by atoms with Gasteiger partial charge in [0.25, 0.3) is 16.8 Å². The second kappa shape index (κ2) is 10.0. The van der Waals surface area contributed by atoms with Crippen LogP contribution >= 0.6 is 23.4 Å². The van der Waals surface area contributed by atoms with E-state index in [0.717, 1.165) is 4.90 Å². The van der Waals surface area contributed by atoms with E-state index in [2.05, 4.69) is 5.32 Å². The lowest BCUT2D eigenvalue weighted by Gasteiger charge is -2.14. The monoisotopic (exact) mass is 513 g/mol. The Bertz CT molecular complexity index is 1380. The number of nitrogens with zero attached hydrogens (tertiary/aromatic N) is 2. The van der Waals surface area contributed by atoms with Crippen molar-refractivity contribution in [3.63, 3.8) is 0 Å². The Morgan fingerprint density at radius 2 is 2.00 bits per heavy atom. The first kappa shape index (κ1) is 24.0. The Morgan fingerprint density at radius 3 is 2.74 bits per heavy atom. The normalized spacial score (nSPS) is 14.5. The summed E-state index contributed by atoms with van der Waals surface area (Å²) in [5.41, 5.74) is 0.560. The van der Waals surface area contributed by atoms with Crippen LogP contribution < -0.4 is 10.1 Å². The summed E-state index contributed by atoms with van der Waals surface area (Å²) >= 11 is 6.52. The molecule has 0 aliphatic carbocycles. The summed E-state index contributed by atoms with van der Waals surface area (Å²) in [6, 6.07) is 14.1. The molecule has 10 nitrogen and oxygen atoms in total. The number of nitro benzene ring substituents is 1. The number of furan rings is 1. The fourth-order valence-corrected chi connectivity index (χ4v) is 4.24. The molecule has 35 heavy (non-hydrogen) atoms. The van der Waals surface area contributed by atoms with E-state index in [1.54, 1.807) is 42.5 Å². The maximum atomic E-state index is 12.7. The number of para-hydroxylation sites is 2. The number of anilines is 1. The summed E-state index contributed by atoms with van der Waals surface area (Å²) in [5, 5.41) is 13.1. The number of hydrogen-bond donors (Lipinski definition) is 1.